The van der Waals surface area contributed by atoms with E-state index in [2.05, 4.69) is 4.90 Å². The summed E-state index contributed by atoms with van der Waals surface area (Å²) < 4.78 is 11.0. The molecule has 1 aliphatic heterocycles. The minimum Gasteiger partial charge on any atom is -0.468 e. The van der Waals surface area contributed by atoms with Crippen LogP contribution in [0.2, 0.25) is 0 Å². The topological polar surface area (TPSA) is 45.8 Å². The van der Waals surface area contributed by atoms with E-state index in [-0.39, 0.29) is 6.61 Å². The molecule has 1 N–H and O–H groups in total. The van der Waals surface area contributed by atoms with Crippen molar-refractivity contribution in [3.8, 4) is 0 Å². The van der Waals surface area contributed by atoms with Crippen molar-refractivity contribution in [2.24, 2.45) is 0 Å². The van der Waals surface area contributed by atoms with E-state index in [0.29, 0.717) is 6.10 Å². The van der Waals surface area contributed by atoms with Crippen molar-refractivity contribution in [2.45, 2.75) is 31.9 Å². The van der Waals surface area contributed by atoms with Crippen LogP contribution in [-0.2, 0) is 11.3 Å². The first-order valence-electron chi connectivity index (χ1n) is 6.35. The van der Waals surface area contributed by atoms with Gasteiger partial charge in [0.2, 0.25) is 0 Å². The van der Waals surface area contributed by atoms with Crippen LogP contribution >= 0.6 is 0 Å². The zero-order valence-electron chi connectivity index (χ0n) is 10.2. The zero-order valence-corrected chi connectivity index (χ0v) is 10.2. The fraction of sp³-hybridized carbons (Fsp3) is 0.692. The summed E-state index contributed by atoms with van der Waals surface area (Å²) in [6.07, 6.45) is 5.16. The summed E-state index contributed by atoms with van der Waals surface area (Å²) in [6, 6.07) is 3.90. The lowest BCUT2D eigenvalue weighted by atomic mass is 10.2. The quantitative estimate of drug-likeness (QED) is 0.785. The first kappa shape index (κ1) is 12.6. The molecule has 0 saturated carbocycles. The Morgan fingerprint density at radius 1 is 1.47 bits per heavy atom. The fourth-order valence-electron chi connectivity index (χ4n) is 2.23. The lowest BCUT2D eigenvalue weighted by molar-refractivity contribution is 0.0658. The molecule has 2 heterocycles. The Kier molecular flexibility index (Phi) is 5.04. The van der Waals surface area contributed by atoms with Crippen LogP contribution in [0.5, 0.6) is 0 Å². The molecule has 1 atom stereocenters. The van der Waals surface area contributed by atoms with Crippen LogP contribution in [0.25, 0.3) is 0 Å². The largest absolute Gasteiger partial charge is 0.468 e. The highest BCUT2D eigenvalue weighted by atomic mass is 16.5. The summed E-state index contributed by atoms with van der Waals surface area (Å²) in [5, 5.41) is 8.92. The second-order valence-corrected chi connectivity index (χ2v) is 4.53. The van der Waals surface area contributed by atoms with Gasteiger partial charge in [-0.25, -0.2) is 0 Å². The van der Waals surface area contributed by atoms with Gasteiger partial charge in [0.15, 0.2) is 0 Å². The molecule has 96 valence electrons. The molecule has 1 unspecified atom stereocenters. The monoisotopic (exact) mass is 239 g/mol. The normalized spacial score (nSPS) is 20.2. The molecule has 2 rings (SSSR count). The van der Waals surface area contributed by atoms with Crippen LogP contribution in [0.15, 0.2) is 22.8 Å². The summed E-state index contributed by atoms with van der Waals surface area (Å²) in [5.74, 6) is 0.973. The van der Waals surface area contributed by atoms with Crippen molar-refractivity contribution >= 4 is 0 Å². The molecule has 1 aromatic heterocycles. The molecule has 4 nitrogen and oxygen atoms in total. The second kappa shape index (κ2) is 6.79. The van der Waals surface area contributed by atoms with Crippen molar-refractivity contribution in [2.75, 3.05) is 26.3 Å². The Bertz CT molecular complexity index is 294. The van der Waals surface area contributed by atoms with Crippen molar-refractivity contribution in [1.29, 1.82) is 0 Å². The maximum absolute atomic E-state index is 8.92. The van der Waals surface area contributed by atoms with Crippen LogP contribution in [0.3, 0.4) is 0 Å². The van der Waals surface area contributed by atoms with Crippen LogP contribution in [0.1, 0.15) is 25.0 Å². The Hall–Kier alpha value is -0.840. The van der Waals surface area contributed by atoms with Gasteiger partial charge >= 0.3 is 0 Å². The summed E-state index contributed by atoms with van der Waals surface area (Å²) in [4.78, 5) is 2.30. The Morgan fingerprint density at radius 2 is 2.41 bits per heavy atom. The van der Waals surface area contributed by atoms with E-state index in [0.717, 1.165) is 44.8 Å². The SMILES string of the molecule is OCCCN(Cc1ccco1)CC1CCCO1. The van der Waals surface area contributed by atoms with Gasteiger partial charge in [0.05, 0.1) is 18.9 Å². The van der Waals surface area contributed by atoms with Crippen LogP contribution < -0.4 is 0 Å². The molecule has 0 bridgehead atoms. The van der Waals surface area contributed by atoms with E-state index in [1.807, 2.05) is 12.1 Å². The first-order chi connectivity index (χ1) is 8.38. The average Bonchev–Trinajstić information content (AvgIpc) is 2.99. The fourth-order valence-corrected chi connectivity index (χ4v) is 2.23. The number of hydrogen-bond donors (Lipinski definition) is 1. The summed E-state index contributed by atoms with van der Waals surface area (Å²) in [6.45, 7) is 3.74. The van der Waals surface area contributed by atoms with Gasteiger partial charge < -0.3 is 14.3 Å². The van der Waals surface area contributed by atoms with Crippen molar-refractivity contribution in [3.05, 3.63) is 24.2 Å². The van der Waals surface area contributed by atoms with Crippen LogP contribution in [0.4, 0.5) is 0 Å². The third-order valence-electron chi connectivity index (χ3n) is 3.08. The summed E-state index contributed by atoms with van der Waals surface area (Å²) in [7, 11) is 0. The molecule has 0 amide bonds. The van der Waals surface area contributed by atoms with E-state index in [4.69, 9.17) is 14.3 Å². The average molecular weight is 239 g/mol. The number of ether oxygens (including phenoxy) is 1. The van der Waals surface area contributed by atoms with Gasteiger partial charge in [0.25, 0.3) is 0 Å². The highest BCUT2D eigenvalue weighted by Gasteiger charge is 2.19. The van der Waals surface area contributed by atoms with Crippen molar-refractivity contribution in [1.82, 2.24) is 4.90 Å². The molecule has 1 aromatic rings. The van der Waals surface area contributed by atoms with E-state index in [1.165, 1.54) is 6.42 Å². The molecule has 0 spiro atoms. The first-order valence-corrected chi connectivity index (χ1v) is 6.35. The van der Waals surface area contributed by atoms with Gasteiger partial charge in [-0.05, 0) is 31.4 Å². The number of aliphatic hydroxyl groups excluding tert-OH is 1. The van der Waals surface area contributed by atoms with Gasteiger partial charge in [-0.15, -0.1) is 0 Å². The molecule has 1 saturated heterocycles. The predicted octanol–water partition coefficient (Wildman–Crippen LogP) is 1.64. The summed E-state index contributed by atoms with van der Waals surface area (Å²) in [5.41, 5.74) is 0. The molecular formula is C13H21NO3. The van der Waals surface area contributed by atoms with E-state index < -0.39 is 0 Å². The van der Waals surface area contributed by atoms with Crippen molar-refractivity contribution < 1.29 is 14.3 Å². The molecule has 17 heavy (non-hydrogen) atoms. The smallest absolute Gasteiger partial charge is 0.117 e. The number of aliphatic hydroxyl groups is 1. The Labute approximate surface area is 102 Å². The highest BCUT2D eigenvalue weighted by Crippen LogP contribution is 2.15. The minimum absolute atomic E-state index is 0.236. The molecule has 4 heteroatoms. The van der Waals surface area contributed by atoms with Gasteiger partial charge in [0, 0.05) is 26.3 Å². The maximum Gasteiger partial charge on any atom is 0.117 e. The number of nitrogens with zero attached hydrogens (tertiary/aromatic N) is 1. The zero-order chi connectivity index (χ0) is 11.9. The van der Waals surface area contributed by atoms with Crippen LogP contribution in [0, 0.1) is 0 Å². The van der Waals surface area contributed by atoms with Crippen molar-refractivity contribution in [3.63, 3.8) is 0 Å². The molecule has 0 aliphatic carbocycles. The molecule has 0 aromatic carbocycles. The molecule has 0 radical (unpaired) electrons. The standard InChI is InChI=1S/C13H21NO3/c15-7-3-6-14(10-12-4-1-8-16-12)11-13-5-2-9-17-13/h1,4,8,13,15H,2-3,5-7,9-11H2. The lowest BCUT2D eigenvalue weighted by Gasteiger charge is -2.23. The lowest BCUT2D eigenvalue weighted by Crippen LogP contribution is -2.32. The predicted molar refractivity (Wildman–Crippen MR) is 64.7 cm³/mol. The maximum atomic E-state index is 8.92. The molecule has 1 fully saturated rings. The second-order valence-electron chi connectivity index (χ2n) is 4.53. The Morgan fingerprint density at radius 3 is 3.06 bits per heavy atom. The van der Waals surface area contributed by atoms with Gasteiger partial charge in [-0.3, -0.25) is 4.90 Å². The van der Waals surface area contributed by atoms with E-state index >= 15 is 0 Å². The van der Waals surface area contributed by atoms with Gasteiger partial charge in [-0.1, -0.05) is 0 Å². The number of hydrogen-bond acceptors (Lipinski definition) is 4. The minimum atomic E-state index is 0.236. The number of furan rings is 1. The Balaban J connectivity index is 1.83. The van der Waals surface area contributed by atoms with Crippen LogP contribution in [-0.4, -0.2) is 42.4 Å². The third-order valence-corrected chi connectivity index (χ3v) is 3.08. The highest BCUT2D eigenvalue weighted by molar-refractivity contribution is 4.98. The van der Waals surface area contributed by atoms with E-state index in [1.54, 1.807) is 6.26 Å². The molecule has 1 aliphatic rings. The molecular weight excluding hydrogens is 218 g/mol. The van der Waals surface area contributed by atoms with E-state index in [9.17, 15) is 0 Å². The third kappa shape index (κ3) is 4.15. The summed E-state index contributed by atoms with van der Waals surface area (Å²) >= 11 is 0. The van der Waals surface area contributed by atoms with Gasteiger partial charge in [-0.2, -0.15) is 0 Å². The number of rotatable bonds is 7. The van der Waals surface area contributed by atoms with Gasteiger partial charge in [0.1, 0.15) is 5.76 Å².